The summed E-state index contributed by atoms with van der Waals surface area (Å²) in [5, 5.41) is 7.51. The van der Waals surface area contributed by atoms with Gasteiger partial charge in [-0.1, -0.05) is 19.7 Å². The molecule has 0 unspecified atom stereocenters. The second-order valence-electron chi connectivity index (χ2n) is 3.21. The maximum atomic E-state index is 7.51. The fourth-order valence-electron chi connectivity index (χ4n) is 0.774. The molecule has 0 fully saturated rings. The van der Waals surface area contributed by atoms with Crippen LogP contribution in [0.2, 0.25) is 0 Å². The van der Waals surface area contributed by atoms with E-state index in [1.54, 1.807) is 6.07 Å². The van der Waals surface area contributed by atoms with Crippen molar-refractivity contribution in [3.05, 3.63) is 38.0 Å². The van der Waals surface area contributed by atoms with Gasteiger partial charge in [-0.3, -0.25) is 0 Å². The van der Waals surface area contributed by atoms with E-state index in [2.05, 4.69) is 33.8 Å². The summed E-state index contributed by atoms with van der Waals surface area (Å²) in [5.74, 6) is 0. The van der Waals surface area contributed by atoms with Gasteiger partial charge in [-0.2, -0.15) is 5.26 Å². The van der Waals surface area contributed by atoms with Gasteiger partial charge in [0, 0.05) is 6.08 Å². The molecular weight excluding hydrogens is 196 g/mol. The number of nitrogens with zero attached hydrogens (tertiary/aromatic N) is 2. The predicted molar refractivity (Wildman–Crippen MR) is 58.0 cm³/mol. The van der Waals surface area contributed by atoms with Crippen molar-refractivity contribution in [1.29, 1.82) is 5.26 Å². The number of rotatable bonds is 4. The highest BCUT2D eigenvalue weighted by atomic mass is 35.5. The lowest BCUT2D eigenvalue weighted by Gasteiger charge is -2.26. The van der Waals surface area contributed by atoms with Gasteiger partial charge in [-0.05, 0) is 12.2 Å². The lowest BCUT2D eigenvalue weighted by molar-refractivity contribution is -0.878. The Morgan fingerprint density at radius 2 is 1.43 bits per heavy atom. The highest BCUT2D eigenvalue weighted by molar-refractivity contribution is 4.93. The quantitative estimate of drug-likeness (QED) is 0.339. The molecule has 0 radical (unpaired) electrons. The minimum atomic E-state index is 0. The van der Waals surface area contributed by atoms with E-state index in [1.165, 1.54) is 6.08 Å². The van der Waals surface area contributed by atoms with Crippen molar-refractivity contribution < 1.29 is 16.9 Å². The third kappa shape index (κ3) is 17.2. The molecule has 0 bridgehead atoms. The lowest BCUT2D eigenvalue weighted by Crippen LogP contribution is -3.00. The monoisotopic (exact) mass is 214 g/mol. The standard InChI is InChI=1S/C8H16N.C3H3N.ClH/c1-5-7-9(3,4)8-6-2;1-2-3-4;/h5-6H,1-2,7-8H2,3-4H3;2H,1H2;1H/q+1;;/p-1. The SMILES string of the molecule is C=CC#N.C=CC[N+](C)(C)CC=C.[Cl-]. The number of quaternary nitrogens is 1. The van der Waals surface area contributed by atoms with Crippen LogP contribution in [-0.4, -0.2) is 31.7 Å². The number of nitriles is 1. The molecule has 0 N–H and O–H groups in total. The van der Waals surface area contributed by atoms with Gasteiger partial charge < -0.3 is 16.9 Å². The zero-order chi connectivity index (χ0) is 10.7. The van der Waals surface area contributed by atoms with E-state index in [0.29, 0.717) is 0 Å². The summed E-state index contributed by atoms with van der Waals surface area (Å²) < 4.78 is 0.951. The maximum absolute atomic E-state index is 7.51. The molecule has 0 amide bonds. The molecule has 0 saturated carbocycles. The summed E-state index contributed by atoms with van der Waals surface area (Å²) in [6.07, 6.45) is 5.05. The van der Waals surface area contributed by atoms with Gasteiger partial charge >= 0.3 is 0 Å². The van der Waals surface area contributed by atoms with Crippen LogP contribution in [0, 0.1) is 11.3 Å². The average molecular weight is 215 g/mol. The van der Waals surface area contributed by atoms with E-state index in [4.69, 9.17) is 5.26 Å². The van der Waals surface area contributed by atoms with E-state index < -0.39 is 0 Å². The molecule has 0 aliphatic carbocycles. The first-order valence-electron chi connectivity index (χ1n) is 4.08. The smallest absolute Gasteiger partial charge is 0.0969 e. The normalized spacial score (nSPS) is 8.07. The number of hydrogen-bond donors (Lipinski definition) is 0. The lowest BCUT2D eigenvalue weighted by atomic mass is 10.4. The number of hydrogen-bond acceptors (Lipinski definition) is 1. The molecule has 0 aliphatic rings. The van der Waals surface area contributed by atoms with E-state index in [9.17, 15) is 0 Å². The summed E-state index contributed by atoms with van der Waals surface area (Å²) >= 11 is 0. The van der Waals surface area contributed by atoms with Gasteiger partial charge in [-0.25, -0.2) is 0 Å². The van der Waals surface area contributed by atoms with Crippen LogP contribution in [0.4, 0.5) is 0 Å². The Balaban J connectivity index is -0.000000209. The number of halogens is 1. The number of likely N-dealkylation sites (N-methyl/N-ethyl adjacent to an activating group) is 1. The Morgan fingerprint density at radius 1 is 1.14 bits per heavy atom. The molecular formula is C11H19ClN2. The Labute approximate surface area is 93.8 Å². The van der Waals surface area contributed by atoms with Crippen molar-refractivity contribution in [3.63, 3.8) is 0 Å². The first-order chi connectivity index (χ1) is 6.04. The molecule has 2 nitrogen and oxygen atoms in total. The first-order valence-corrected chi connectivity index (χ1v) is 4.08. The van der Waals surface area contributed by atoms with E-state index in [-0.39, 0.29) is 12.4 Å². The van der Waals surface area contributed by atoms with E-state index >= 15 is 0 Å². The molecule has 14 heavy (non-hydrogen) atoms. The van der Waals surface area contributed by atoms with Crippen molar-refractivity contribution in [2.75, 3.05) is 27.2 Å². The van der Waals surface area contributed by atoms with Crippen LogP contribution in [0.1, 0.15) is 0 Å². The fraction of sp³-hybridized carbons (Fsp3) is 0.364. The minimum absolute atomic E-state index is 0. The van der Waals surface area contributed by atoms with Gasteiger partial charge in [0.1, 0.15) is 0 Å². The summed E-state index contributed by atoms with van der Waals surface area (Å²) in [6, 6.07) is 1.69. The molecule has 0 aromatic rings. The Bertz CT molecular complexity index is 190. The van der Waals surface area contributed by atoms with Gasteiger partial charge in [-0.15, -0.1) is 0 Å². The molecule has 0 rings (SSSR count). The predicted octanol–water partition coefficient (Wildman–Crippen LogP) is -0.865. The highest BCUT2D eigenvalue weighted by Crippen LogP contribution is 1.95. The summed E-state index contributed by atoms with van der Waals surface area (Å²) in [6.45, 7) is 12.5. The molecule has 0 atom stereocenters. The Hall–Kier alpha value is -1.04. The molecule has 3 heteroatoms. The third-order valence-electron chi connectivity index (χ3n) is 1.34. The summed E-state index contributed by atoms with van der Waals surface area (Å²) in [7, 11) is 4.31. The van der Waals surface area contributed by atoms with Gasteiger partial charge in [0.25, 0.3) is 0 Å². The van der Waals surface area contributed by atoms with Crippen LogP contribution in [-0.2, 0) is 0 Å². The van der Waals surface area contributed by atoms with Crippen molar-refractivity contribution >= 4 is 0 Å². The molecule has 0 saturated heterocycles. The van der Waals surface area contributed by atoms with Crippen LogP contribution in [0.5, 0.6) is 0 Å². The highest BCUT2D eigenvalue weighted by Gasteiger charge is 2.07. The van der Waals surface area contributed by atoms with Crippen molar-refractivity contribution in [2.24, 2.45) is 0 Å². The molecule has 0 aromatic heterocycles. The number of allylic oxidation sites excluding steroid dienone is 1. The minimum Gasteiger partial charge on any atom is -1.00 e. The van der Waals surface area contributed by atoms with Gasteiger partial charge in [0.2, 0.25) is 0 Å². The zero-order valence-corrected chi connectivity index (χ0v) is 9.80. The zero-order valence-electron chi connectivity index (χ0n) is 9.04. The van der Waals surface area contributed by atoms with Crippen LogP contribution < -0.4 is 12.4 Å². The molecule has 0 spiro atoms. The van der Waals surface area contributed by atoms with E-state index in [1.807, 2.05) is 12.2 Å². The fourth-order valence-corrected chi connectivity index (χ4v) is 0.774. The van der Waals surface area contributed by atoms with Crippen molar-refractivity contribution in [3.8, 4) is 6.07 Å². The van der Waals surface area contributed by atoms with Crippen LogP contribution in [0.25, 0.3) is 0 Å². The molecule has 80 valence electrons. The van der Waals surface area contributed by atoms with Crippen LogP contribution in [0.15, 0.2) is 38.0 Å². The second kappa shape index (κ2) is 12.0. The third-order valence-corrected chi connectivity index (χ3v) is 1.34. The average Bonchev–Trinajstić information content (AvgIpc) is 2.04. The largest absolute Gasteiger partial charge is 1.00 e. The Kier molecular flexibility index (Phi) is 16.0. The van der Waals surface area contributed by atoms with Crippen LogP contribution >= 0.6 is 0 Å². The van der Waals surface area contributed by atoms with Crippen molar-refractivity contribution in [2.45, 2.75) is 0 Å². The van der Waals surface area contributed by atoms with Gasteiger partial charge in [0.15, 0.2) is 0 Å². The second-order valence-corrected chi connectivity index (χ2v) is 3.21. The first kappa shape index (κ1) is 18.7. The summed E-state index contributed by atoms with van der Waals surface area (Å²) in [5.41, 5.74) is 0. The molecule has 0 aliphatic heterocycles. The van der Waals surface area contributed by atoms with Gasteiger partial charge in [0.05, 0.1) is 33.3 Å². The molecule has 0 aromatic carbocycles. The maximum Gasteiger partial charge on any atom is 0.0969 e. The van der Waals surface area contributed by atoms with E-state index in [0.717, 1.165) is 17.6 Å². The summed E-state index contributed by atoms with van der Waals surface area (Å²) in [4.78, 5) is 0. The molecule has 0 heterocycles. The van der Waals surface area contributed by atoms with Crippen LogP contribution in [0.3, 0.4) is 0 Å². The topological polar surface area (TPSA) is 23.8 Å². The Morgan fingerprint density at radius 3 is 1.57 bits per heavy atom. The van der Waals surface area contributed by atoms with Crippen molar-refractivity contribution in [1.82, 2.24) is 0 Å².